The molecule has 7 nitrogen and oxygen atoms in total. The van der Waals surface area contributed by atoms with Gasteiger partial charge >= 0.3 is 0 Å². The maximum Gasteiger partial charge on any atom is 0.0936 e. The van der Waals surface area contributed by atoms with Crippen molar-refractivity contribution >= 4 is 72.1 Å². The lowest BCUT2D eigenvalue weighted by Crippen LogP contribution is -2.13. The minimum Gasteiger partial charge on any atom is -0.382 e. The van der Waals surface area contributed by atoms with E-state index in [4.69, 9.17) is 20.5 Å². The first-order valence-electron chi connectivity index (χ1n) is 20.9. The zero-order chi connectivity index (χ0) is 40.0. The van der Waals surface area contributed by atoms with E-state index in [-0.39, 0.29) is 0 Å². The lowest BCUT2D eigenvalue weighted by Gasteiger charge is -2.22. The molecular formula is C52H47N7. The van der Waals surface area contributed by atoms with Crippen molar-refractivity contribution in [1.82, 2.24) is 0 Å². The molecule has 1 saturated carbocycles. The fourth-order valence-corrected chi connectivity index (χ4v) is 8.18. The molecule has 1 atom stereocenters. The van der Waals surface area contributed by atoms with Crippen LogP contribution in [0.4, 0.5) is 39.8 Å². The molecule has 7 heteroatoms. The molecule has 0 heterocycles. The van der Waals surface area contributed by atoms with E-state index in [1.54, 1.807) is 0 Å². The third kappa shape index (κ3) is 8.28. The van der Waals surface area contributed by atoms with E-state index in [0.29, 0.717) is 12.0 Å². The van der Waals surface area contributed by atoms with Crippen LogP contribution in [0.25, 0.3) is 43.4 Å². The average Bonchev–Trinajstić information content (AvgIpc) is 3.30. The van der Waals surface area contributed by atoms with Crippen LogP contribution in [-0.4, -0.2) is 6.04 Å². The second-order valence-corrected chi connectivity index (χ2v) is 15.5. The van der Waals surface area contributed by atoms with Crippen molar-refractivity contribution in [2.24, 2.45) is 30.7 Å². The molecule has 0 bridgehead atoms. The molecule has 290 valence electrons. The highest BCUT2D eigenvalue weighted by Crippen LogP contribution is 2.40. The number of nitrogens with zero attached hydrogens (tertiary/aromatic N) is 6. The number of rotatable bonds is 11. The number of fused-ring (bicyclic) bond motifs is 3. The van der Waals surface area contributed by atoms with Crippen LogP contribution in [0.3, 0.4) is 0 Å². The fraction of sp³-hybridized carbons (Fsp3) is 0.192. The topological polar surface area (TPSA) is 86.2 Å². The Morgan fingerprint density at radius 2 is 0.831 bits per heavy atom. The van der Waals surface area contributed by atoms with Crippen LogP contribution in [0.15, 0.2) is 188 Å². The lowest BCUT2D eigenvalue weighted by molar-refractivity contribution is 0.443. The fourth-order valence-electron chi connectivity index (χ4n) is 8.18. The van der Waals surface area contributed by atoms with E-state index in [1.807, 2.05) is 72.8 Å². The van der Waals surface area contributed by atoms with E-state index in [9.17, 15) is 0 Å². The molecule has 1 unspecified atom stereocenters. The van der Waals surface area contributed by atoms with Crippen LogP contribution in [0.1, 0.15) is 63.9 Å². The highest BCUT2D eigenvalue weighted by atomic mass is 15.1. The largest absolute Gasteiger partial charge is 0.382 e. The molecule has 0 aromatic heterocycles. The number of anilines is 1. The molecule has 0 saturated heterocycles. The van der Waals surface area contributed by atoms with Crippen molar-refractivity contribution < 1.29 is 0 Å². The normalized spacial score (nSPS) is 14.3. The van der Waals surface area contributed by atoms with E-state index in [0.717, 1.165) is 78.5 Å². The van der Waals surface area contributed by atoms with E-state index in [2.05, 4.69) is 114 Å². The Morgan fingerprint density at radius 1 is 0.441 bits per heavy atom. The highest BCUT2D eigenvalue weighted by molar-refractivity contribution is 6.02. The van der Waals surface area contributed by atoms with Crippen LogP contribution in [0, 0.1) is 0 Å². The summed E-state index contributed by atoms with van der Waals surface area (Å²) in [5.41, 5.74) is 9.65. The van der Waals surface area contributed by atoms with Gasteiger partial charge in [0.25, 0.3) is 0 Å². The maximum atomic E-state index is 4.77. The van der Waals surface area contributed by atoms with Gasteiger partial charge in [-0.3, -0.25) is 0 Å². The summed E-state index contributed by atoms with van der Waals surface area (Å²) in [6, 6.07) is 54.4. The van der Waals surface area contributed by atoms with Gasteiger partial charge in [0.05, 0.1) is 34.1 Å². The average molecular weight is 770 g/mol. The van der Waals surface area contributed by atoms with E-state index in [1.165, 1.54) is 48.8 Å². The Bertz CT molecular complexity index is 2830. The molecule has 59 heavy (non-hydrogen) atoms. The first-order chi connectivity index (χ1) is 29.1. The maximum absolute atomic E-state index is 4.77. The van der Waals surface area contributed by atoms with Crippen molar-refractivity contribution in [1.29, 1.82) is 0 Å². The number of nitrogens with one attached hydrogen (secondary N) is 1. The summed E-state index contributed by atoms with van der Waals surface area (Å²) in [7, 11) is 0. The van der Waals surface area contributed by atoms with Gasteiger partial charge in [0.15, 0.2) is 0 Å². The van der Waals surface area contributed by atoms with Gasteiger partial charge in [-0.25, -0.2) is 0 Å². The zero-order valence-electron chi connectivity index (χ0n) is 33.6. The first-order valence-corrected chi connectivity index (χ1v) is 20.9. The van der Waals surface area contributed by atoms with E-state index >= 15 is 0 Å². The van der Waals surface area contributed by atoms with Crippen molar-refractivity contribution in [3.05, 3.63) is 163 Å². The molecule has 1 fully saturated rings. The summed E-state index contributed by atoms with van der Waals surface area (Å²) in [5.74, 6) is 0.713. The summed E-state index contributed by atoms with van der Waals surface area (Å²) >= 11 is 0. The Morgan fingerprint density at radius 3 is 1.29 bits per heavy atom. The second kappa shape index (κ2) is 17.3. The van der Waals surface area contributed by atoms with Gasteiger partial charge in [-0.05, 0) is 97.3 Å². The first kappa shape index (κ1) is 37.7. The van der Waals surface area contributed by atoms with E-state index < -0.39 is 0 Å². The Labute approximate surface area is 345 Å². The zero-order valence-corrected chi connectivity index (χ0v) is 33.6. The van der Waals surface area contributed by atoms with Crippen LogP contribution in [-0.2, 0) is 0 Å². The Kier molecular flexibility index (Phi) is 11.1. The minimum atomic E-state index is 0.372. The van der Waals surface area contributed by atoms with Crippen LogP contribution in [0.5, 0.6) is 0 Å². The standard InChI is InChI=1S/C52H47N7/c1-3-35(2)53-47-29-30-49(42-16-8-7-15-41(42)47)56-57-51-33-34-52(46-20-12-11-19-45(46)51)59-58-50-32-31-48(43-17-9-10-18-44(43)50)55-54-40-27-25-39(26-28-40)38-23-21-37(22-24-38)36-13-5-4-6-14-36/h7-12,15-36,53H,3-6,13-14H2,1-2H3. The van der Waals surface area contributed by atoms with Gasteiger partial charge in [-0.1, -0.05) is 135 Å². The molecular weight excluding hydrogens is 723 g/mol. The lowest BCUT2D eigenvalue weighted by atomic mass is 9.84. The summed E-state index contributed by atoms with van der Waals surface area (Å²) < 4.78 is 0. The molecule has 8 aromatic rings. The predicted molar refractivity (Wildman–Crippen MR) is 245 cm³/mol. The Hall–Kier alpha value is -6.86. The van der Waals surface area contributed by atoms with Crippen LogP contribution >= 0.6 is 0 Å². The van der Waals surface area contributed by atoms with Crippen molar-refractivity contribution in [3.8, 4) is 11.1 Å². The van der Waals surface area contributed by atoms with Crippen molar-refractivity contribution in [2.45, 2.75) is 64.3 Å². The van der Waals surface area contributed by atoms with Gasteiger partial charge in [0.1, 0.15) is 0 Å². The minimum absolute atomic E-state index is 0.372. The van der Waals surface area contributed by atoms with Gasteiger partial charge in [-0.2, -0.15) is 5.11 Å². The molecule has 1 aliphatic carbocycles. The second-order valence-electron chi connectivity index (χ2n) is 15.5. The number of benzene rings is 8. The molecule has 0 amide bonds. The Balaban J connectivity index is 0.936. The van der Waals surface area contributed by atoms with Gasteiger partial charge in [0.2, 0.25) is 0 Å². The molecule has 0 aliphatic heterocycles. The monoisotopic (exact) mass is 769 g/mol. The number of hydrogen-bond donors (Lipinski definition) is 1. The van der Waals surface area contributed by atoms with Crippen LogP contribution in [0.2, 0.25) is 0 Å². The third-order valence-corrected chi connectivity index (χ3v) is 11.7. The molecule has 1 aliphatic rings. The summed E-state index contributed by atoms with van der Waals surface area (Å²) in [6.45, 7) is 4.38. The molecule has 1 N–H and O–H groups in total. The summed E-state index contributed by atoms with van der Waals surface area (Å²) in [4.78, 5) is 0. The van der Waals surface area contributed by atoms with Gasteiger partial charge in [-0.15, -0.1) is 25.6 Å². The summed E-state index contributed by atoms with van der Waals surface area (Å²) in [6.07, 6.45) is 7.75. The highest BCUT2D eigenvalue weighted by Gasteiger charge is 2.16. The van der Waals surface area contributed by atoms with Gasteiger partial charge < -0.3 is 5.32 Å². The smallest absolute Gasteiger partial charge is 0.0936 e. The molecule has 0 radical (unpaired) electrons. The summed E-state index contributed by atoms with van der Waals surface area (Å²) in [5, 5.41) is 38.0. The molecule has 0 spiro atoms. The number of hydrogen-bond acceptors (Lipinski definition) is 7. The van der Waals surface area contributed by atoms with Crippen molar-refractivity contribution in [3.63, 3.8) is 0 Å². The third-order valence-electron chi connectivity index (χ3n) is 11.7. The van der Waals surface area contributed by atoms with Crippen LogP contribution < -0.4 is 5.32 Å². The predicted octanol–water partition coefficient (Wildman–Crippen LogP) is 17.3. The van der Waals surface area contributed by atoms with Gasteiger partial charge in [0, 0.05) is 44.0 Å². The SMILES string of the molecule is CCC(C)Nc1ccc(N=Nc2ccc(N=Nc3ccc(N=Nc4ccc(-c5ccc(C6CCCCC6)cc5)cc4)c4ccccc34)c3ccccc23)c2ccccc12. The molecule has 8 aromatic carbocycles. The van der Waals surface area contributed by atoms with Crippen molar-refractivity contribution in [2.75, 3.05) is 5.32 Å². The quantitative estimate of drug-likeness (QED) is 0.131. The number of azo groups is 3. The molecule has 9 rings (SSSR count).